The van der Waals surface area contributed by atoms with E-state index in [1.807, 2.05) is 12.1 Å². The molecule has 0 spiro atoms. The normalized spacial score (nSPS) is 29.7. The molecule has 1 aliphatic heterocycles. The zero-order valence-electron chi connectivity index (χ0n) is 10.7. The topological polar surface area (TPSA) is 21.8 Å². The third-order valence-corrected chi connectivity index (χ3v) is 5.18. The van der Waals surface area contributed by atoms with Crippen LogP contribution in [0.2, 0.25) is 24.7 Å². The molecule has 1 aromatic carbocycles. The summed E-state index contributed by atoms with van der Waals surface area (Å²) in [6.07, 6.45) is 2.26. The monoisotopic (exact) mass is 346 g/mol. The Hall–Kier alpha value is 0.127. The fraction of sp³-hybridized carbons (Fsp3) is 0.538. The third-order valence-electron chi connectivity index (χ3n) is 3.33. The van der Waals surface area contributed by atoms with E-state index in [2.05, 4.69) is 35.6 Å². The molecule has 1 aliphatic carbocycles. The molecule has 1 saturated heterocycles. The van der Waals surface area contributed by atoms with Crippen molar-refractivity contribution in [1.82, 2.24) is 0 Å². The van der Waals surface area contributed by atoms with Crippen molar-refractivity contribution in [3.8, 4) is 0 Å². The molecular formula is C13H16BrClO2Si. The van der Waals surface area contributed by atoms with Crippen LogP contribution >= 0.6 is 27.5 Å². The van der Waals surface area contributed by atoms with Crippen molar-refractivity contribution in [2.45, 2.75) is 44.4 Å². The second kappa shape index (κ2) is 4.06. The van der Waals surface area contributed by atoms with Crippen LogP contribution in [0.25, 0.3) is 0 Å². The van der Waals surface area contributed by atoms with Crippen molar-refractivity contribution in [1.29, 1.82) is 0 Å². The van der Waals surface area contributed by atoms with E-state index in [0.717, 1.165) is 27.9 Å². The molecule has 18 heavy (non-hydrogen) atoms. The van der Waals surface area contributed by atoms with E-state index < -0.39 is 14.1 Å². The zero-order chi connectivity index (χ0) is 13.1. The summed E-state index contributed by atoms with van der Waals surface area (Å²) in [6, 6.07) is 3.95. The molecule has 2 nitrogen and oxygen atoms in total. The standard InChI is InChI=1S/C13H16BrClO2Si/c1-18(2,3)17-13-10-6-8(15)7-11(14)9(10)4-5-12(13)16-13/h6-7,12H,4-5H2,1-3H3. The van der Waals surface area contributed by atoms with Crippen LogP contribution in [0.4, 0.5) is 0 Å². The van der Waals surface area contributed by atoms with Gasteiger partial charge in [0.25, 0.3) is 0 Å². The summed E-state index contributed by atoms with van der Waals surface area (Å²) in [7, 11) is -1.66. The lowest BCUT2D eigenvalue weighted by atomic mass is 9.89. The number of rotatable bonds is 2. The average molecular weight is 348 g/mol. The molecule has 2 unspecified atom stereocenters. The Labute approximate surface area is 122 Å². The van der Waals surface area contributed by atoms with Gasteiger partial charge >= 0.3 is 0 Å². The van der Waals surface area contributed by atoms with E-state index in [0.29, 0.717) is 0 Å². The van der Waals surface area contributed by atoms with Gasteiger partial charge in [-0.2, -0.15) is 0 Å². The summed E-state index contributed by atoms with van der Waals surface area (Å²) >= 11 is 9.77. The van der Waals surface area contributed by atoms with E-state index in [4.69, 9.17) is 20.8 Å². The second-order valence-corrected chi connectivity index (χ2v) is 11.7. The first-order valence-corrected chi connectivity index (χ1v) is 10.8. The first kappa shape index (κ1) is 13.1. The van der Waals surface area contributed by atoms with Crippen molar-refractivity contribution >= 4 is 35.8 Å². The Morgan fingerprint density at radius 2 is 2.17 bits per heavy atom. The van der Waals surface area contributed by atoms with Gasteiger partial charge in [-0.05, 0) is 50.2 Å². The number of epoxide rings is 1. The van der Waals surface area contributed by atoms with Gasteiger partial charge in [0.2, 0.25) is 5.79 Å². The van der Waals surface area contributed by atoms with Gasteiger partial charge in [-0.15, -0.1) is 0 Å². The molecule has 2 aliphatic rings. The Morgan fingerprint density at radius 3 is 2.83 bits per heavy atom. The molecule has 0 saturated carbocycles. The Bertz CT molecular complexity index is 514. The predicted octanol–water partition coefficient (Wildman–Crippen LogP) is 4.45. The summed E-state index contributed by atoms with van der Waals surface area (Å²) in [5.41, 5.74) is 2.41. The van der Waals surface area contributed by atoms with Crippen molar-refractivity contribution in [2.75, 3.05) is 0 Å². The molecule has 1 aromatic rings. The van der Waals surface area contributed by atoms with Gasteiger partial charge in [0.15, 0.2) is 8.32 Å². The average Bonchev–Trinajstić information content (AvgIpc) is 2.89. The lowest BCUT2D eigenvalue weighted by Crippen LogP contribution is -2.36. The molecule has 1 heterocycles. The highest BCUT2D eigenvalue weighted by Gasteiger charge is 2.63. The lowest BCUT2D eigenvalue weighted by Gasteiger charge is -2.29. The molecule has 0 amide bonds. The Kier molecular flexibility index (Phi) is 2.96. The van der Waals surface area contributed by atoms with E-state index in [1.165, 1.54) is 5.56 Å². The van der Waals surface area contributed by atoms with Gasteiger partial charge < -0.3 is 9.16 Å². The number of halogens is 2. The maximum atomic E-state index is 6.31. The van der Waals surface area contributed by atoms with Crippen LogP contribution in [0.15, 0.2) is 16.6 Å². The minimum atomic E-state index is -1.66. The van der Waals surface area contributed by atoms with Gasteiger partial charge in [0, 0.05) is 15.1 Å². The highest BCUT2D eigenvalue weighted by molar-refractivity contribution is 9.10. The molecular weight excluding hydrogens is 332 g/mol. The summed E-state index contributed by atoms with van der Waals surface area (Å²) in [5.74, 6) is -0.508. The van der Waals surface area contributed by atoms with Gasteiger partial charge in [0.05, 0.1) is 0 Å². The number of hydrogen-bond donors (Lipinski definition) is 0. The second-order valence-electron chi connectivity index (χ2n) is 5.94. The van der Waals surface area contributed by atoms with Gasteiger partial charge in [-0.1, -0.05) is 27.5 Å². The van der Waals surface area contributed by atoms with Gasteiger partial charge in [0.1, 0.15) is 6.10 Å². The SMILES string of the molecule is C[Si](C)(C)OC12OC1CCc1c(Br)cc(Cl)cc12. The predicted molar refractivity (Wildman–Crippen MR) is 78.5 cm³/mol. The van der Waals surface area contributed by atoms with Crippen molar-refractivity contribution in [3.05, 3.63) is 32.8 Å². The van der Waals surface area contributed by atoms with Crippen LogP contribution in [0.5, 0.6) is 0 Å². The van der Waals surface area contributed by atoms with Crippen LogP contribution in [0.1, 0.15) is 17.5 Å². The molecule has 0 N–H and O–H groups in total. The summed E-state index contributed by atoms with van der Waals surface area (Å²) in [6.45, 7) is 6.57. The zero-order valence-corrected chi connectivity index (χ0v) is 14.1. The maximum absolute atomic E-state index is 6.31. The Balaban J connectivity index is 2.08. The van der Waals surface area contributed by atoms with E-state index >= 15 is 0 Å². The minimum Gasteiger partial charge on any atom is -0.385 e. The molecule has 0 bridgehead atoms. The van der Waals surface area contributed by atoms with Gasteiger partial charge in [-0.3, -0.25) is 0 Å². The van der Waals surface area contributed by atoms with Crippen LogP contribution in [0, 0.1) is 0 Å². The Morgan fingerprint density at radius 1 is 1.44 bits per heavy atom. The molecule has 0 radical (unpaired) electrons. The van der Waals surface area contributed by atoms with Gasteiger partial charge in [-0.25, -0.2) is 0 Å². The molecule has 98 valence electrons. The third kappa shape index (κ3) is 2.08. The summed E-state index contributed by atoms with van der Waals surface area (Å²) < 4.78 is 13.3. The van der Waals surface area contributed by atoms with E-state index in [1.54, 1.807) is 0 Å². The van der Waals surface area contributed by atoms with E-state index in [9.17, 15) is 0 Å². The highest BCUT2D eigenvalue weighted by Crippen LogP contribution is 2.56. The smallest absolute Gasteiger partial charge is 0.213 e. The molecule has 5 heteroatoms. The number of ether oxygens (including phenoxy) is 1. The minimum absolute atomic E-state index is 0.210. The van der Waals surface area contributed by atoms with Crippen LogP contribution < -0.4 is 0 Å². The first-order chi connectivity index (χ1) is 8.32. The molecule has 3 rings (SSSR count). The van der Waals surface area contributed by atoms with Crippen molar-refractivity contribution in [3.63, 3.8) is 0 Å². The van der Waals surface area contributed by atoms with Crippen LogP contribution in [-0.2, 0) is 21.4 Å². The quantitative estimate of drug-likeness (QED) is 0.582. The number of hydrogen-bond acceptors (Lipinski definition) is 2. The molecule has 2 atom stereocenters. The summed E-state index contributed by atoms with van der Waals surface area (Å²) in [4.78, 5) is 0. The van der Waals surface area contributed by atoms with Crippen LogP contribution in [0.3, 0.4) is 0 Å². The molecule has 0 aromatic heterocycles. The van der Waals surface area contributed by atoms with Crippen LogP contribution in [-0.4, -0.2) is 14.4 Å². The number of benzene rings is 1. The fourth-order valence-corrected chi connectivity index (χ4v) is 4.91. The fourth-order valence-electron chi connectivity index (χ4n) is 2.71. The largest absolute Gasteiger partial charge is 0.385 e. The lowest BCUT2D eigenvalue weighted by molar-refractivity contribution is 0.0508. The van der Waals surface area contributed by atoms with Crippen molar-refractivity contribution in [2.24, 2.45) is 0 Å². The number of fused-ring (bicyclic) bond motifs is 3. The highest BCUT2D eigenvalue weighted by atomic mass is 79.9. The molecule has 1 fully saturated rings. The summed E-state index contributed by atoms with van der Waals surface area (Å²) in [5, 5.41) is 0.732. The van der Waals surface area contributed by atoms with E-state index in [-0.39, 0.29) is 6.10 Å². The van der Waals surface area contributed by atoms with Crippen molar-refractivity contribution < 1.29 is 9.16 Å². The maximum Gasteiger partial charge on any atom is 0.213 e. The first-order valence-electron chi connectivity index (χ1n) is 6.18.